The van der Waals surface area contributed by atoms with Crippen LogP contribution in [0.2, 0.25) is 0 Å². The molecule has 0 spiro atoms. The Kier molecular flexibility index (Phi) is 6.51. The molecule has 0 aliphatic rings. The lowest BCUT2D eigenvalue weighted by Gasteiger charge is -2.26. The molecule has 0 bridgehead atoms. The predicted octanol–water partition coefficient (Wildman–Crippen LogP) is 1.95. The van der Waals surface area contributed by atoms with Gasteiger partial charge in [-0.15, -0.1) is 0 Å². The Morgan fingerprint density at radius 3 is 2.50 bits per heavy atom. The van der Waals surface area contributed by atoms with E-state index in [4.69, 9.17) is 15.2 Å². The standard InChI is InChI=1S/C14H26N4O2/c1-10(2)8-18(6-7-19-5)13-12(15)14(17-9-16-13)20-11(3)4/h9-11H,6-8,15H2,1-5H3. The van der Waals surface area contributed by atoms with Crippen molar-refractivity contribution in [3.8, 4) is 5.88 Å². The monoisotopic (exact) mass is 282 g/mol. The van der Waals surface area contributed by atoms with Crippen molar-refractivity contribution in [3.05, 3.63) is 6.33 Å². The van der Waals surface area contributed by atoms with Crippen molar-refractivity contribution < 1.29 is 9.47 Å². The van der Waals surface area contributed by atoms with Gasteiger partial charge in [0.1, 0.15) is 12.0 Å². The third-order valence-electron chi connectivity index (χ3n) is 2.62. The normalized spacial score (nSPS) is 11.2. The number of nitrogens with zero attached hydrogens (tertiary/aromatic N) is 3. The van der Waals surface area contributed by atoms with Crippen LogP contribution in [-0.2, 0) is 4.74 Å². The largest absolute Gasteiger partial charge is 0.473 e. The van der Waals surface area contributed by atoms with E-state index in [1.165, 1.54) is 6.33 Å². The van der Waals surface area contributed by atoms with Gasteiger partial charge in [0.15, 0.2) is 5.82 Å². The highest BCUT2D eigenvalue weighted by Crippen LogP contribution is 2.28. The molecule has 6 nitrogen and oxygen atoms in total. The number of hydrogen-bond donors (Lipinski definition) is 1. The average Bonchev–Trinajstić information content (AvgIpc) is 2.36. The van der Waals surface area contributed by atoms with Gasteiger partial charge in [-0.25, -0.2) is 4.98 Å². The maximum atomic E-state index is 6.15. The van der Waals surface area contributed by atoms with Gasteiger partial charge in [0, 0.05) is 20.2 Å². The molecule has 0 saturated heterocycles. The average molecular weight is 282 g/mol. The van der Waals surface area contributed by atoms with E-state index in [-0.39, 0.29) is 6.10 Å². The van der Waals surface area contributed by atoms with E-state index in [1.54, 1.807) is 7.11 Å². The zero-order chi connectivity index (χ0) is 15.1. The Bertz CT molecular complexity index is 410. The molecule has 0 unspecified atom stereocenters. The molecule has 0 atom stereocenters. The highest BCUT2D eigenvalue weighted by atomic mass is 16.5. The minimum Gasteiger partial charge on any atom is -0.473 e. The number of ether oxygens (including phenoxy) is 2. The topological polar surface area (TPSA) is 73.5 Å². The molecule has 20 heavy (non-hydrogen) atoms. The van der Waals surface area contributed by atoms with Crippen LogP contribution in [0.15, 0.2) is 6.33 Å². The Morgan fingerprint density at radius 2 is 1.95 bits per heavy atom. The number of nitrogens with two attached hydrogens (primary N) is 1. The molecule has 0 aromatic carbocycles. The predicted molar refractivity (Wildman–Crippen MR) is 81.1 cm³/mol. The Balaban J connectivity index is 2.99. The second kappa shape index (κ2) is 7.89. The fraction of sp³-hybridized carbons (Fsp3) is 0.714. The highest BCUT2D eigenvalue weighted by Gasteiger charge is 2.17. The van der Waals surface area contributed by atoms with Gasteiger partial charge < -0.3 is 20.1 Å². The number of methoxy groups -OCH3 is 1. The van der Waals surface area contributed by atoms with Gasteiger partial charge in [0.25, 0.3) is 0 Å². The maximum Gasteiger partial charge on any atom is 0.242 e. The van der Waals surface area contributed by atoms with Crippen LogP contribution in [0, 0.1) is 5.92 Å². The quantitative estimate of drug-likeness (QED) is 0.785. The molecule has 114 valence electrons. The van der Waals surface area contributed by atoms with Crippen molar-refractivity contribution in [1.82, 2.24) is 9.97 Å². The summed E-state index contributed by atoms with van der Waals surface area (Å²) in [5.41, 5.74) is 6.63. The van der Waals surface area contributed by atoms with Gasteiger partial charge in [-0.3, -0.25) is 0 Å². The molecule has 1 rings (SSSR count). The highest BCUT2D eigenvalue weighted by molar-refractivity contribution is 5.67. The summed E-state index contributed by atoms with van der Waals surface area (Å²) in [5.74, 6) is 1.65. The van der Waals surface area contributed by atoms with E-state index in [2.05, 4.69) is 28.7 Å². The lowest BCUT2D eigenvalue weighted by atomic mass is 10.2. The smallest absolute Gasteiger partial charge is 0.242 e. The first kappa shape index (κ1) is 16.5. The van der Waals surface area contributed by atoms with Gasteiger partial charge in [-0.2, -0.15) is 4.98 Å². The first-order valence-corrected chi connectivity index (χ1v) is 6.96. The van der Waals surface area contributed by atoms with E-state index < -0.39 is 0 Å². The molecule has 0 radical (unpaired) electrons. The first-order valence-electron chi connectivity index (χ1n) is 6.96. The summed E-state index contributed by atoms with van der Waals surface area (Å²) in [6.45, 7) is 10.4. The fourth-order valence-electron chi connectivity index (χ4n) is 1.87. The second-order valence-corrected chi connectivity index (χ2v) is 5.42. The van der Waals surface area contributed by atoms with Crippen LogP contribution in [-0.4, -0.2) is 42.9 Å². The summed E-state index contributed by atoms with van der Waals surface area (Å²) in [6.07, 6.45) is 1.52. The van der Waals surface area contributed by atoms with Gasteiger partial charge in [-0.05, 0) is 19.8 Å². The number of hydrogen-bond acceptors (Lipinski definition) is 6. The summed E-state index contributed by atoms with van der Waals surface area (Å²) < 4.78 is 10.8. The summed E-state index contributed by atoms with van der Waals surface area (Å²) in [4.78, 5) is 10.5. The van der Waals surface area contributed by atoms with Crippen molar-refractivity contribution in [3.63, 3.8) is 0 Å². The van der Waals surface area contributed by atoms with Crippen LogP contribution in [0.1, 0.15) is 27.7 Å². The minimum absolute atomic E-state index is 0.0255. The van der Waals surface area contributed by atoms with E-state index in [1.807, 2.05) is 13.8 Å². The van der Waals surface area contributed by atoms with E-state index in [9.17, 15) is 0 Å². The number of aromatic nitrogens is 2. The van der Waals surface area contributed by atoms with E-state index in [0.29, 0.717) is 29.9 Å². The van der Waals surface area contributed by atoms with Gasteiger partial charge in [0.2, 0.25) is 5.88 Å². The summed E-state index contributed by atoms with van der Waals surface area (Å²) in [7, 11) is 1.68. The molecule has 1 aromatic rings. The van der Waals surface area contributed by atoms with Crippen molar-refractivity contribution >= 4 is 11.5 Å². The van der Waals surface area contributed by atoms with Crippen LogP contribution in [0.3, 0.4) is 0 Å². The molecular formula is C14H26N4O2. The van der Waals surface area contributed by atoms with Gasteiger partial charge in [0.05, 0.1) is 12.7 Å². The van der Waals surface area contributed by atoms with E-state index in [0.717, 1.165) is 13.1 Å². The molecule has 0 amide bonds. The molecule has 6 heteroatoms. The summed E-state index contributed by atoms with van der Waals surface area (Å²) >= 11 is 0. The van der Waals surface area contributed by atoms with Crippen LogP contribution in [0.4, 0.5) is 11.5 Å². The zero-order valence-electron chi connectivity index (χ0n) is 13.1. The van der Waals surface area contributed by atoms with E-state index >= 15 is 0 Å². The van der Waals surface area contributed by atoms with Gasteiger partial charge >= 0.3 is 0 Å². The Morgan fingerprint density at radius 1 is 1.25 bits per heavy atom. The molecule has 1 aromatic heterocycles. The van der Waals surface area contributed by atoms with Crippen LogP contribution in [0.5, 0.6) is 5.88 Å². The summed E-state index contributed by atoms with van der Waals surface area (Å²) in [5, 5.41) is 0. The Hall–Kier alpha value is -1.56. The second-order valence-electron chi connectivity index (χ2n) is 5.42. The van der Waals surface area contributed by atoms with Crippen molar-refractivity contribution in [2.24, 2.45) is 5.92 Å². The minimum atomic E-state index is 0.0255. The third kappa shape index (κ3) is 4.85. The maximum absolute atomic E-state index is 6.15. The van der Waals surface area contributed by atoms with Crippen molar-refractivity contribution in [1.29, 1.82) is 0 Å². The molecule has 0 saturated carbocycles. The summed E-state index contributed by atoms with van der Waals surface area (Å²) in [6, 6.07) is 0. The van der Waals surface area contributed by atoms with Crippen LogP contribution >= 0.6 is 0 Å². The van der Waals surface area contributed by atoms with Crippen LogP contribution < -0.4 is 15.4 Å². The SMILES string of the molecule is COCCN(CC(C)C)c1ncnc(OC(C)C)c1N. The van der Waals surface area contributed by atoms with Crippen LogP contribution in [0.25, 0.3) is 0 Å². The molecule has 0 aliphatic carbocycles. The fourth-order valence-corrected chi connectivity index (χ4v) is 1.87. The molecule has 0 fully saturated rings. The Labute approximate surface area is 121 Å². The third-order valence-corrected chi connectivity index (χ3v) is 2.62. The first-order chi connectivity index (χ1) is 9.45. The number of anilines is 2. The lowest BCUT2D eigenvalue weighted by molar-refractivity contribution is 0.204. The molecule has 0 aliphatic heterocycles. The lowest BCUT2D eigenvalue weighted by Crippen LogP contribution is -2.32. The molecule has 1 heterocycles. The zero-order valence-corrected chi connectivity index (χ0v) is 13.1. The number of nitrogen functional groups attached to an aromatic ring is 1. The molecular weight excluding hydrogens is 256 g/mol. The van der Waals surface area contributed by atoms with Crippen molar-refractivity contribution in [2.75, 3.05) is 37.4 Å². The molecule has 2 N–H and O–H groups in total. The van der Waals surface area contributed by atoms with Crippen molar-refractivity contribution in [2.45, 2.75) is 33.8 Å². The van der Waals surface area contributed by atoms with Gasteiger partial charge in [-0.1, -0.05) is 13.8 Å². The number of rotatable bonds is 8.